The first-order chi connectivity index (χ1) is 10.6. The summed E-state index contributed by atoms with van der Waals surface area (Å²) in [6.07, 6.45) is 3.73. The fourth-order valence-electron chi connectivity index (χ4n) is 2.43. The summed E-state index contributed by atoms with van der Waals surface area (Å²) in [5.74, 6) is 6.70. The van der Waals surface area contributed by atoms with Gasteiger partial charge in [-0.1, -0.05) is 11.8 Å². The molecule has 1 N–H and O–H groups in total. The molecule has 0 spiro atoms. The van der Waals surface area contributed by atoms with Gasteiger partial charge in [-0.05, 0) is 45.5 Å². The van der Waals surface area contributed by atoms with Crippen LogP contribution in [0.4, 0.5) is 0 Å². The van der Waals surface area contributed by atoms with E-state index in [9.17, 15) is 4.79 Å². The number of piperidine rings is 1. The van der Waals surface area contributed by atoms with E-state index in [2.05, 4.69) is 34.1 Å². The monoisotopic (exact) mass is 301 g/mol. The average molecular weight is 301 g/mol. The van der Waals surface area contributed by atoms with Gasteiger partial charge in [-0.2, -0.15) is 0 Å². The van der Waals surface area contributed by atoms with Crippen molar-refractivity contribution in [2.75, 3.05) is 33.3 Å². The number of nitrogens with one attached hydrogen (secondary N) is 1. The minimum absolute atomic E-state index is 0.0930. The molecule has 1 amide bonds. The molecule has 2 heterocycles. The number of amides is 1. The lowest BCUT2D eigenvalue weighted by Gasteiger charge is -2.28. The van der Waals surface area contributed by atoms with E-state index >= 15 is 0 Å². The van der Waals surface area contributed by atoms with Gasteiger partial charge in [0.05, 0.1) is 18.7 Å². The Morgan fingerprint density at radius 3 is 3.09 bits per heavy atom. The third-order valence-corrected chi connectivity index (χ3v) is 3.67. The first kappa shape index (κ1) is 16.3. The van der Waals surface area contributed by atoms with Gasteiger partial charge in [0, 0.05) is 12.2 Å². The Kier molecular flexibility index (Phi) is 6.23. The smallest absolute Gasteiger partial charge is 0.225 e. The minimum Gasteiger partial charge on any atom is -0.479 e. The second-order valence-electron chi connectivity index (χ2n) is 5.60. The largest absolute Gasteiger partial charge is 0.479 e. The first-order valence-electron chi connectivity index (χ1n) is 7.62. The first-order valence-corrected chi connectivity index (χ1v) is 7.62. The average Bonchev–Trinajstić information content (AvgIpc) is 2.52. The van der Waals surface area contributed by atoms with Crippen molar-refractivity contribution in [3.05, 3.63) is 24.0 Å². The Bertz CT molecular complexity index is 545. The molecule has 0 bridgehead atoms. The van der Waals surface area contributed by atoms with Crippen molar-refractivity contribution in [1.82, 2.24) is 15.2 Å². The summed E-state index contributed by atoms with van der Waals surface area (Å²) < 4.78 is 5.44. The van der Waals surface area contributed by atoms with E-state index in [-0.39, 0.29) is 11.8 Å². The van der Waals surface area contributed by atoms with Crippen molar-refractivity contribution >= 4 is 5.91 Å². The maximum atomic E-state index is 12.0. The van der Waals surface area contributed by atoms with Crippen LogP contribution >= 0.6 is 0 Å². The number of ether oxygens (including phenoxy) is 1. The summed E-state index contributed by atoms with van der Waals surface area (Å²) in [5, 5.41) is 2.87. The zero-order valence-corrected chi connectivity index (χ0v) is 13.3. The highest BCUT2D eigenvalue weighted by atomic mass is 16.5. The van der Waals surface area contributed by atoms with E-state index in [1.165, 1.54) is 0 Å². The van der Waals surface area contributed by atoms with Crippen LogP contribution in [0, 0.1) is 24.7 Å². The van der Waals surface area contributed by atoms with Gasteiger partial charge in [-0.3, -0.25) is 9.78 Å². The second-order valence-corrected chi connectivity index (χ2v) is 5.60. The Balaban J connectivity index is 1.64. The number of nitrogens with zero attached hydrogens (tertiary/aromatic N) is 2. The van der Waals surface area contributed by atoms with Crippen molar-refractivity contribution in [2.24, 2.45) is 5.92 Å². The highest BCUT2D eigenvalue weighted by Gasteiger charge is 2.23. The van der Waals surface area contributed by atoms with Gasteiger partial charge >= 0.3 is 0 Å². The zero-order chi connectivity index (χ0) is 15.8. The van der Waals surface area contributed by atoms with Crippen molar-refractivity contribution in [3.8, 4) is 17.6 Å². The number of hydrogen-bond donors (Lipinski definition) is 1. The topological polar surface area (TPSA) is 54.5 Å². The number of likely N-dealkylation sites (tertiary alicyclic amines) is 1. The molecule has 1 aliphatic heterocycles. The third-order valence-electron chi connectivity index (χ3n) is 3.67. The highest BCUT2D eigenvalue weighted by molar-refractivity contribution is 5.79. The van der Waals surface area contributed by atoms with Gasteiger partial charge in [-0.25, -0.2) is 0 Å². The molecular weight excluding hydrogens is 278 g/mol. The van der Waals surface area contributed by atoms with E-state index in [4.69, 9.17) is 4.74 Å². The summed E-state index contributed by atoms with van der Waals surface area (Å²) in [6, 6.07) is 3.76. The Morgan fingerprint density at radius 2 is 2.36 bits per heavy atom. The summed E-state index contributed by atoms with van der Waals surface area (Å²) in [7, 11) is 2.05. The number of carbonyl (C=O) groups excluding carboxylic acids is 1. The molecule has 0 saturated carbocycles. The standard InChI is InChI=1S/C17H23N3O2/c1-14-7-8-16(12-19-14)22-11-4-3-9-18-17(21)15-6-5-10-20(2)13-15/h7-8,12,15H,5-6,9-11,13H2,1-2H3,(H,18,21). The van der Waals surface area contributed by atoms with Crippen molar-refractivity contribution < 1.29 is 9.53 Å². The van der Waals surface area contributed by atoms with Crippen molar-refractivity contribution in [2.45, 2.75) is 19.8 Å². The molecule has 1 aliphatic rings. The Hall–Kier alpha value is -2.06. The van der Waals surface area contributed by atoms with E-state index in [0.29, 0.717) is 18.9 Å². The summed E-state index contributed by atoms with van der Waals surface area (Å²) >= 11 is 0. The van der Waals surface area contributed by atoms with E-state index in [1.807, 2.05) is 19.1 Å². The van der Waals surface area contributed by atoms with Crippen molar-refractivity contribution in [3.63, 3.8) is 0 Å². The number of rotatable bonds is 4. The van der Waals surface area contributed by atoms with E-state index in [1.54, 1.807) is 6.20 Å². The lowest BCUT2D eigenvalue weighted by molar-refractivity contribution is -0.126. The maximum Gasteiger partial charge on any atom is 0.225 e. The van der Waals surface area contributed by atoms with E-state index < -0.39 is 0 Å². The molecule has 5 nitrogen and oxygen atoms in total. The Morgan fingerprint density at radius 1 is 1.50 bits per heavy atom. The summed E-state index contributed by atoms with van der Waals surface area (Å²) in [5.41, 5.74) is 0.953. The molecule has 0 aliphatic carbocycles. The molecule has 5 heteroatoms. The van der Waals surface area contributed by atoms with Crippen molar-refractivity contribution in [1.29, 1.82) is 0 Å². The van der Waals surface area contributed by atoms with Crippen LogP contribution in [0.25, 0.3) is 0 Å². The van der Waals surface area contributed by atoms with Crippen LogP contribution in [0.2, 0.25) is 0 Å². The molecule has 22 heavy (non-hydrogen) atoms. The molecule has 2 rings (SSSR count). The lowest BCUT2D eigenvalue weighted by atomic mass is 9.98. The van der Waals surface area contributed by atoms with Gasteiger partial charge < -0.3 is 15.0 Å². The van der Waals surface area contributed by atoms with Gasteiger partial charge in [0.2, 0.25) is 5.91 Å². The predicted molar refractivity (Wildman–Crippen MR) is 85.5 cm³/mol. The number of hydrogen-bond acceptors (Lipinski definition) is 4. The van der Waals surface area contributed by atoms with Crippen LogP contribution in [-0.4, -0.2) is 49.1 Å². The molecule has 0 aromatic carbocycles. The van der Waals surface area contributed by atoms with Crippen LogP contribution < -0.4 is 10.1 Å². The third kappa shape index (κ3) is 5.38. The zero-order valence-electron chi connectivity index (χ0n) is 13.3. The van der Waals surface area contributed by atoms with Crippen LogP contribution in [0.5, 0.6) is 5.75 Å². The molecule has 118 valence electrons. The molecule has 1 fully saturated rings. The van der Waals surface area contributed by atoms with Gasteiger partial charge in [0.25, 0.3) is 0 Å². The fraction of sp³-hybridized carbons (Fsp3) is 0.529. The van der Waals surface area contributed by atoms with Crippen LogP contribution in [0.3, 0.4) is 0 Å². The number of carbonyl (C=O) groups is 1. The fourth-order valence-corrected chi connectivity index (χ4v) is 2.43. The Labute approximate surface area is 132 Å². The van der Waals surface area contributed by atoms with Crippen LogP contribution in [0.1, 0.15) is 18.5 Å². The SMILES string of the molecule is Cc1ccc(OCC#CCNC(=O)C2CCCN(C)C2)cn1. The molecule has 1 aromatic heterocycles. The van der Waals surface area contributed by atoms with E-state index in [0.717, 1.165) is 31.6 Å². The number of pyridine rings is 1. The maximum absolute atomic E-state index is 12.0. The molecule has 1 atom stereocenters. The van der Waals surface area contributed by atoms with Gasteiger partial charge in [-0.15, -0.1) is 0 Å². The lowest BCUT2D eigenvalue weighted by Crippen LogP contribution is -2.41. The number of aryl methyl sites for hydroxylation is 1. The minimum atomic E-state index is 0.0930. The molecule has 1 saturated heterocycles. The number of aromatic nitrogens is 1. The normalized spacial score (nSPS) is 18.2. The predicted octanol–water partition coefficient (Wildman–Crippen LogP) is 1.23. The van der Waals surface area contributed by atoms with Crippen LogP contribution in [-0.2, 0) is 4.79 Å². The van der Waals surface area contributed by atoms with Gasteiger partial charge in [0.15, 0.2) is 0 Å². The quantitative estimate of drug-likeness (QED) is 0.850. The highest BCUT2D eigenvalue weighted by Crippen LogP contribution is 2.14. The molecular formula is C17H23N3O2. The molecule has 1 aromatic rings. The summed E-state index contributed by atoms with van der Waals surface area (Å²) in [6.45, 7) is 4.51. The summed E-state index contributed by atoms with van der Waals surface area (Å²) in [4.78, 5) is 18.3. The second kappa shape index (κ2) is 8.40. The molecule has 0 radical (unpaired) electrons. The van der Waals surface area contributed by atoms with Gasteiger partial charge in [0.1, 0.15) is 12.4 Å². The molecule has 1 unspecified atom stereocenters. The van der Waals surface area contributed by atoms with Crippen LogP contribution in [0.15, 0.2) is 18.3 Å².